The number of anilines is 1. The Kier molecular flexibility index (Phi) is 5.23. The van der Waals surface area contributed by atoms with Gasteiger partial charge < -0.3 is 15.4 Å². The molecule has 1 atom stereocenters. The number of hydrogen-bond acceptors (Lipinski definition) is 3. The normalized spacial score (nSPS) is 18.6. The third-order valence-corrected chi connectivity index (χ3v) is 3.88. The molecule has 2 N–H and O–H groups in total. The zero-order chi connectivity index (χ0) is 13.7. The first kappa shape index (κ1) is 14.4. The largest absolute Gasteiger partial charge is 0.384 e. The van der Waals surface area contributed by atoms with Gasteiger partial charge in [0.25, 0.3) is 0 Å². The molecule has 3 nitrogen and oxygen atoms in total. The first-order valence-electron chi connectivity index (χ1n) is 7.27. The van der Waals surface area contributed by atoms with Gasteiger partial charge in [-0.2, -0.15) is 0 Å². The summed E-state index contributed by atoms with van der Waals surface area (Å²) in [6, 6.07) is 9.11. The van der Waals surface area contributed by atoms with Crippen LogP contribution >= 0.6 is 0 Å². The molecule has 0 spiro atoms. The molecule has 0 radical (unpaired) electrons. The van der Waals surface area contributed by atoms with Crippen LogP contribution in [0.1, 0.15) is 25.3 Å². The van der Waals surface area contributed by atoms with Crippen molar-refractivity contribution in [3.8, 4) is 0 Å². The Morgan fingerprint density at radius 2 is 1.89 bits per heavy atom. The number of nitrogens with zero attached hydrogens (tertiary/aromatic N) is 1. The molecular formula is C16H26N2O. The molecule has 19 heavy (non-hydrogen) atoms. The molecule has 1 aromatic carbocycles. The standard InChI is InChI=1S/C16H26N2O/c1-13(17)11-14-3-5-16(6-4-14)18-9-7-15(8-10-18)12-19-2/h3-6,13,15H,7-12,17H2,1-2H3. The third-order valence-electron chi connectivity index (χ3n) is 3.88. The second kappa shape index (κ2) is 6.92. The average molecular weight is 262 g/mol. The van der Waals surface area contributed by atoms with Crippen molar-refractivity contribution in [2.75, 3.05) is 31.7 Å². The topological polar surface area (TPSA) is 38.5 Å². The lowest BCUT2D eigenvalue weighted by Crippen LogP contribution is -2.34. The summed E-state index contributed by atoms with van der Waals surface area (Å²) in [6.07, 6.45) is 3.42. The average Bonchev–Trinajstić information content (AvgIpc) is 2.40. The maximum Gasteiger partial charge on any atom is 0.0491 e. The highest BCUT2D eigenvalue weighted by Crippen LogP contribution is 2.23. The monoisotopic (exact) mass is 262 g/mol. The summed E-state index contributed by atoms with van der Waals surface area (Å²) in [5.41, 5.74) is 8.49. The highest BCUT2D eigenvalue weighted by molar-refractivity contribution is 5.48. The summed E-state index contributed by atoms with van der Waals surface area (Å²) in [5, 5.41) is 0. The van der Waals surface area contributed by atoms with Gasteiger partial charge in [-0.3, -0.25) is 0 Å². The van der Waals surface area contributed by atoms with Crippen LogP contribution in [0.4, 0.5) is 5.69 Å². The van der Waals surface area contributed by atoms with Gasteiger partial charge in [-0.05, 0) is 49.8 Å². The van der Waals surface area contributed by atoms with E-state index in [9.17, 15) is 0 Å². The van der Waals surface area contributed by atoms with Crippen LogP contribution in [0.3, 0.4) is 0 Å². The second-order valence-corrected chi connectivity index (χ2v) is 5.73. The molecule has 0 bridgehead atoms. The molecule has 2 rings (SSSR count). The molecule has 1 heterocycles. The van der Waals surface area contributed by atoms with E-state index in [1.807, 2.05) is 0 Å². The van der Waals surface area contributed by atoms with Crippen molar-refractivity contribution >= 4 is 5.69 Å². The van der Waals surface area contributed by atoms with Crippen molar-refractivity contribution in [3.63, 3.8) is 0 Å². The zero-order valence-electron chi connectivity index (χ0n) is 12.1. The lowest BCUT2D eigenvalue weighted by Gasteiger charge is -2.33. The van der Waals surface area contributed by atoms with Crippen LogP contribution < -0.4 is 10.6 Å². The molecule has 1 aromatic rings. The van der Waals surface area contributed by atoms with Crippen LogP contribution in [0.2, 0.25) is 0 Å². The fourth-order valence-electron chi connectivity index (χ4n) is 2.81. The molecule has 106 valence electrons. The van der Waals surface area contributed by atoms with E-state index in [4.69, 9.17) is 10.5 Å². The van der Waals surface area contributed by atoms with E-state index >= 15 is 0 Å². The Labute approximate surface area is 116 Å². The van der Waals surface area contributed by atoms with E-state index in [0.717, 1.165) is 32.0 Å². The Bertz CT molecular complexity index is 367. The summed E-state index contributed by atoms with van der Waals surface area (Å²) in [5.74, 6) is 0.735. The molecule has 0 saturated carbocycles. The lowest BCUT2D eigenvalue weighted by atomic mass is 9.97. The van der Waals surface area contributed by atoms with Gasteiger partial charge in [0, 0.05) is 38.5 Å². The highest BCUT2D eigenvalue weighted by Gasteiger charge is 2.19. The van der Waals surface area contributed by atoms with Gasteiger partial charge in [0.15, 0.2) is 0 Å². The van der Waals surface area contributed by atoms with Crippen molar-refractivity contribution in [3.05, 3.63) is 29.8 Å². The van der Waals surface area contributed by atoms with Crippen LogP contribution in [0.5, 0.6) is 0 Å². The van der Waals surface area contributed by atoms with Crippen LogP contribution in [0, 0.1) is 5.92 Å². The Balaban J connectivity index is 1.89. The van der Waals surface area contributed by atoms with Crippen LogP contribution in [0.25, 0.3) is 0 Å². The minimum absolute atomic E-state index is 0.232. The van der Waals surface area contributed by atoms with E-state index in [1.165, 1.54) is 24.1 Å². The second-order valence-electron chi connectivity index (χ2n) is 5.73. The molecule has 1 aliphatic rings. The van der Waals surface area contributed by atoms with E-state index in [1.54, 1.807) is 7.11 Å². The van der Waals surface area contributed by atoms with Crippen molar-refractivity contribution in [1.82, 2.24) is 0 Å². The number of benzene rings is 1. The van der Waals surface area contributed by atoms with Gasteiger partial charge in [-0.25, -0.2) is 0 Å². The van der Waals surface area contributed by atoms with Gasteiger partial charge in [-0.15, -0.1) is 0 Å². The van der Waals surface area contributed by atoms with Gasteiger partial charge in [-0.1, -0.05) is 12.1 Å². The number of methoxy groups -OCH3 is 1. The minimum Gasteiger partial charge on any atom is -0.384 e. The Morgan fingerprint density at radius 3 is 2.42 bits per heavy atom. The van der Waals surface area contributed by atoms with Crippen LogP contribution in [0.15, 0.2) is 24.3 Å². The van der Waals surface area contributed by atoms with Crippen LogP contribution in [-0.2, 0) is 11.2 Å². The highest BCUT2D eigenvalue weighted by atomic mass is 16.5. The van der Waals surface area contributed by atoms with Gasteiger partial charge in [0.2, 0.25) is 0 Å². The van der Waals surface area contributed by atoms with E-state index in [2.05, 4.69) is 36.1 Å². The van der Waals surface area contributed by atoms with Crippen molar-refractivity contribution in [1.29, 1.82) is 0 Å². The fraction of sp³-hybridized carbons (Fsp3) is 0.625. The SMILES string of the molecule is COCC1CCN(c2ccc(CC(C)N)cc2)CC1. The molecule has 1 saturated heterocycles. The minimum atomic E-state index is 0.232. The summed E-state index contributed by atoms with van der Waals surface area (Å²) < 4.78 is 5.24. The van der Waals surface area contributed by atoms with Gasteiger partial charge in [0.05, 0.1) is 0 Å². The van der Waals surface area contributed by atoms with Crippen molar-refractivity contribution < 1.29 is 4.74 Å². The van der Waals surface area contributed by atoms with E-state index in [-0.39, 0.29) is 6.04 Å². The first-order chi connectivity index (χ1) is 9.19. The lowest BCUT2D eigenvalue weighted by molar-refractivity contribution is 0.139. The van der Waals surface area contributed by atoms with Crippen LogP contribution in [-0.4, -0.2) is 32.8 Å². The summed E-state index contributed by atoms with van der Waals surface area (Å²) in [6.45, 7) is 5.23. The quantitative estimate of drug-likeness (QED) is 0.886. The van der Waals surface area contributed by atoms with Crippen molar-refractivity contribution in [2.24, 2.45) is 11.7 Å². The summed E-state index contributed by atoms with van der Waals surface area (Å²) in [4.78, 5) is 2.47. The molecule has 3 heteroatoms. The Morgan fingerprint density at radius 1 is 1.26 bits per heavy atom. The molecule has 0 amide bonds. The van der Waals surface area contributed by atoms with E-state index in [0.29, 0.717) is 0 Å². The van der Waals surface area contributed by atoms with Gasteiger partial charge in [0.1, 0.15) is 0 Å². The first-order valence-corrected chi connectivity index (χ1v) is 7.27. The number of rotatable bonds is 5. The summed E-state index contributed by atoms with van der Waals surface area (Å²) in [7, 11) is 1.80. The molecule has 1 aliphatic heterocycles. The maximum atomic E-state index is 5.83. The molecule has 1 unspecified atom stereocenters. The van der Waals surface area contributed by atoms with Gasteiger partial charge >= 0.3 is 0 Å². The predicted octanol–water partition coefficient (Wildman–Crippen LogP) is 2.44. The molecule has 1 fully saturated rings. The molecule has 0 aromatic heterocycles. The number of hydrogen-bond donors (Lipinski definition) is 1. The van der Waals surface area contributed by atoms with E-state index < -0.39 is 0 Å². The smallest absolute Gasteiger partial charge is 0.0491 e. The fourth-order valence-corrected chi connectivity index (χ4v) is 2.81. The molecule has 0 aliphatic carbocycles. The predicted molar refractivity (Wildman–Crippen MR) is 80.6 cm³/mol. The maximum absolute atomic E-state index is 5.83. The Hall–Kier alpha value is -1.06. The third kappa shape index (κ3) is 4.22. The number of nitrogens with two attached hydrogens (primary N) is 1. The van der Waals surface area contributed by atoms with Crippen molar-refractivity contribution in [2.45, 2.75) is 32.2 Å². The number of ether oxygens (including phenoxy) is 1. The summed E-state index contributed by atoms with van der Waals surface area (Å²) >= 11 is 0. The zero-order valence-corrected chi connectivity index (χ0v) is 12.1. The number of piperidine rings is 1. The molecular weight excluding hydrogens is 236 g/mol.